The fraction of sp³-hybridized carbons (Fsp3) is 0.182. The average Bonchev–Trinajstić information content (AvgIpc) is 3.42. The summed E-state index contributed by atoms with van der Waals surface area (Å²) in [4.78, 5) is 27.0. The van der Waals surface area contributed by atoms with Crippen LogP contribution >= 0.6 is 0 Å². The van der Waals surface area contributed by atoms with E-state index in [-0.39, 0.29) is 18.4 Å². The van der Waals surface area contributed by atoms with Gasteiger partial charge in [-0.3, -0.25) is 9.59 Å². The molecule has 0 spiro atoms. The van der Waals surface area contributed by atoms with E-state index < -0.39 is 11.9 Å². The normalized spacial score (nSPS) is 16.0. The van der Waals surface area contributed by atoms with Crippen LogP contribution in [0.5, 0.6) is 5.75 Å². The highest BCUT2D eigenvalue weighted by molar-refractivity contribution is 6.03. The van der Waals surface area contributed by atoms with Crippen molar-refractivity contribution >= 4 is 28.5 Å². The molecule has 0 radical (unpaired) electrons. The third kappa shape index (κ3) is 3.61. The number of hydrogen-bond donors (Lipinski definition) is 1. The van der Waals surface area contributed by atoms with Crippen LogP contribution in [-0.4, -0.2) is 41.7 Å². The molecular formula is C22H18N4O5. The van der Waals surface area contributed by atoms with Gasteiger partial charge in [-0.2, -0.15) is 0 Å². The molecule has 0 aliphatic carbocycles. The predicted octanol–water partition coefficient (Wildman–Crippen LogP) is 2.56. The Labute approximate surface area is 176 Å². The van der Waals surface area contributed by atoms with E-state index in [1.807, 2.05) is 36.4 Å². The molecule has 2 aromatic heterocycles. The summed E-state index contributed by atoms with van der Waals surface area (Å²) >= 11 is 0. The van der Waals surface area contributed by atoms with Crippen molar-refractivity contribution in [3.63, 3.8) is 0 Å². The van der Waals surface area contributed by atoms with Crippen LogP contribution in [0.25, 0.3) is 11.0 Å². The van der Waals surface area contributed by atoms with E-state index in [4.69, 9.17) is 13.6 Å². The van der Waals surface area contributed by atoms with E-state index in [9.17, 15) is 9.59 Å². The molecule has 3 heterocycles. The maximum absolute atomic E-state index is 12.9. The Morgan fingerprint density at radius 1 is 1.19 bits per heavy atom. The third-order valence-corrected chi connectivity index (χ3v) is 5.09. The molecule has 4 aromatic rings. The van der Waals surface area contributed by atoms with Crippen LogP contribution in [0, 0.1) is 0 Å². The molecule has 0 fully saturated rings. The maximum Gasteiger partial charge on any atom is 0.309 e. The quantitative estimate of drug-likeness (QED) is 0.542. The molecule has 0 saturated carbocycles. The van der Waals surface area contributed by atoms with Crippen molar-refractivity contribution in [1.29, 1.82) is 0 Å². The predicted molar refractivity (Wildman–Crippen MR) is 110 cm³/mol. The van der Waals surface area contributed by atoms with Crippen molar-refractivity contribution in [1.82, 2.24) is 15.5 Å². The van der Waals surface area contributed by atoms with Crippen LogP contribution in [-0.2, 0) is 11.2 Å². The first-order valence-corrected chi connectivity index (χ1v) is 9.67. The molecule has 1 aliphatic heterocycles. The van der Waals surface area contributed by atoms with E-state index in [1.165, 1.54) is 4.90 Å². The van der Waals surface area contributed by atoms with Crippen molar-refractivity contribution in [2.75, 3.05) is 18.6 Å². The second-order valence-electron chi connectivity index (χ2n) is 7.18. The summed E-state index contributed by atoms with van der Waals surface area (Å²) in [6, 6.07) is 14.0. The Kier molecular flexibility index (Phi) is 4.62. The topological polar surface area (TPSA) is 111 Å². The van der Waals surface area contributed by atoms with Gasteiger partial charge in [0.05, 0.1) is 18.4 Å². The van der Waals surface area contributed by atoms with Crippen LogP contribution in [0.15, 0.2) is 63.6 Å². The molecule has 9 heteroatoms. The highest BCUT2D eigenvalue weighted by Gasteiger charge is 2.32. The van der Waals surface area contributed by atoms with Gasteiger partial charge in [-0.25, -0.2) is 0 Å². The van der Waals surface area contributed by atoms with Gasteiger partial charge in [0.1, 0.15) is 24.0 Å². The second-order valence-corrected chi connectivity index (χ2v) is 7.18. The Morgan fingerprint density at radius 3 is 2.87 bits per heavy atom. The van der Waals surface area contributed by atoms with Crippen LogP contribution in [0.3, 0.4) is 0 Å². The number of amides is 2. The number of nitrogens with zero attached hydrogens (tertiary/aromatic N) is 3. The summed E-state index contributed by atoms with van der Waals surface area (Å²) in [6.45, 7) is -0.0425. The molecule has 5 rings (SSSR count). The molecule has 1 unspecified atom stereocenters. The summed E-state index contributed by atoms with van der Waals surface area (Å²) in [5, 5.41) is 11.2. The number of fused-ring (bicyclic) bond motifs is 2. The number of anilines is 1. The number of carbonyl (C=O) groups is 2. The van der Waals surface area contributed by atoms with Gasteiger partial charge in [0, 0.05) is 18.5 Å². The number of carbonyl (C=O) groups excluding carboxylic acids is 2. The lowest BCUT2D eigenvalue weighted by atomic mass is 10.2. The van der Waals surface area contributed by atoms with Crippen molar-refractivity contribution in [3.8, 4) is 5.75 Å². The van der Waals surface area contributed by atoms with E-state index in [0.717, 1.165) is 10.9 Å². The fourth-order valence-electron chi connectivity index (χ4n) is 3.46. The number of nitrogens with one attached hydrogen (secondary N) is 1. The zero-order chi connectivity index (χ0) is 21.4. The minimum atomic E-state index is -0.916. The standard InChI is InChI=1S/C22H18N4O5/c1-26-16-10-14-7-8-29-17(14)11-18(16)30-12-15(22(26)28)23-20(27)21-25-24-19(31-21)9-13-5-3-2-4-6-13/h2-8,10-11,15H,9,12H2,1H3,(H,23,27). The van der Waals surface area contributed by atoms with Gasteiger partial charge >= 0.3 is 11.8 Å². The second kappa shape index (κ2) is 7.60. The molecule has 31 heavy (non-hydrogen) atoms. The number of ether oxygens (including phenoxy) is 1. The van der Waals surface area contributed by atoms with Crippen molar-refractivity contribution < 1.29 is 23.2 Å². The van der Waals surface area contributed by atoms with Gasteiger partial charge in [0.25, 0.3) is 5.91 Å². The largest absolute Gasteiger partial charge is 0.489 e. The Hall–Kier alpha value is -4.14. The number of benzene rings is 2. The van der Waals surface area contributed by atoms with Gasteiger partial charge in [0.15, 0.2) is 0 Å². The summed E-state index contributed by atoms with van der Waals surface area (Å²) < 4.78 is 16.7. The molecule has 0 bridgehead atoms. The van der Waals surface area contributed by atoms with Crippen molar-refractivity contribution in [3.05, 3.63) is 72.1 Å². The summed E-state index contributed by atoms with van der Waals surface area (Å²) in [6.07, 6.45) is 1.98. The lowest BCUT2D eigenvalue weighted by Crippen LogP contribution is -2.49. The first kappa shape index (κ1) is 18.9. The Balaban J connectivity index is 1.31. The van der Waals surface area contributed by atoms with Gasteiger partial charge in [0.2, 0.25) is 5.89 Å². The number of rotatable bonds is 4. The third-order valence-electron chi connectivity index (χ3n) is 5.09. The molecule has 2 amide bonds. The molecule has 156 valence electrons. The molecule has 1 N–H and O–H groups in total. The SMILES string of the molecule is CN1C(=O)C(NC(=O)c2nnc(Cc3ccccc3)o2)COc2cc3occc3cc21. The summed E-state index contributed by atoms with van der Waals surface area (Å²) in [5.74, 6) is -0.355. The van der Waals surface area contributed by atoms with Crippen LogP contribution in [0.1, 0.15) is 22.1 Å². The van der Waals surface area contributed by atoms with E-state index >= 15 is 0 Å². The van der Waals surface area contributed by atoms with Crippen LogP contribution in [0.2, 0.25) is 0 Å². The Bertz CT molecular complexity index is 1260. The van der Waals surface area contributed by atoms with E-state index in [2.05, 4.69) is 15.5 Å². The van der Waals surface area contributed by atoms with Crippen molar-refractivity contribution in [2.45, 2.75) is 12.5 Å². The average molecular weight is 418 g/mol. The minimum Gasteiger partial charge on any atom is -0.489 e. The smallest absolute Gasteiger partial charge is 0.309 e. The molecule has 2 aromatic carbocycles. The molecule has 1 atom stereocenters. The van der Waals surface area contributed by atoms with Crippen molar-refractivity contribution in [2.24, 2.45) is 0 Å². The number of furan rings is 1. The maximum atomic E-state index is 12.9. The summed E-state index contributed by atoms with van der Waals surface area (Å²) in [7, 11) is 1.63. The number of hydrogen-bond acceptors (Lipinski definition) is 7. The zero-order valence-corrected chi connectivity index (χ0v) is 16.6. The summed E-state index contributed by atoms with van der Waals surface area (Å²) in [5.41, 5.74) is 2.23. The molecular weight excluding hydrogens is 400 g/mol. The molecule has 1 aliphatic rings. The van der Waals surface area contributed by atoms with Gasteiger partial charge < -0.3 is 23.8 Å². The zero-order valence-electron chi connectivity index (χ0n) is 16.6. The lowest BCUT2D eigenvalue weighted by Gasteiger charge is -2.19. The van der Waals surface area contributed by atoms with Crippen LogP contribution < -0.4 is 15.0 Å². The van der Waals surface area contributed by atoms with Gasteiger partial charge in [-0.05, 0) is 17.7 Å². The molecule has 9 nitrogen and oxygen atoms in total. The monoisotopic (exact) mass is 418 g/mol. The highest BCUT2D eigenvalue weighted by Crippen LogP contribution is 2.35. The van der Waals surface area contributed by atoms with E-state index in [1.54, 1.807) is 25.4 Å². The van der Waals surface area contributed by atoms with Crippen LogP contribution in [0.4, 0.5) is 5.69 Å². The van der Waals surface area contributed by atoms with E-state index in [0.29, 0.717) is 29.3 Å². The minimum absolute atomic E-state index is 0.0425. The number of aromatic nitrogens is 2. The molecule has 0 saturated heterocycles. The Morgan fingerprint density at radius 2 is 2.03 bits per heavy atom. The highest BCUT2D eigenvalue weighted by atomic mass is 16.5. The van der Waals surface area contributed by atoms with Gasteiger partial charge in [-0.15, -0.1) is 10.2 Å². The number of likely N-dealkylation sites (N-methyl/N-ethyl adjacent to an activating group) is 1. The van der Waals surface area contributed by atoms with Gasteiger partial charge in [-0.1, -0.05) is 30.3 Å². The fourth-order valence-corrected chi connectivity index (χ4v) is 3.46. The first-order chi connectivity index (χ1) is 15.1. The lowest BCUT2D eigenvalue weighted by molar-refractivity contribution is -0.120. The first-order valence-electron chi connectivity index (χ1n) is 9.67.